The number of nitrogens with one attached hydrogen (secondary N) is 2. The van der Waals surface area contributed by atoms with Gasteiger partial charge in [-0.1, -0.05) is 20.4 Å². The Morgan fingerprint density at radius 3 is 2.43 bits per heavy atom. The third-order valence-electron chi connectivity index (χ3n) is 6.83. The summed E-state index contributed by atoms with van der Waals surface area (Å²) < 4.78 is 49.3. The number of carbonyl (C=O) groups excluding carboxylic acids is 1. The number of methoxy groups -OCH3 is 1. The van der Waals surface area contributed by atoms with Crippen molar-refractivity contribution in [3.05, 3.63) is 66.5 Å². The molecule has 12 heteroatoms. The Bertz CT molecular complexity index is 1630. The van der Waals surface area contributed by atoms with E-state index in [1.54, 1.807) is 44.4 Å². The summed E-state index contributed by atoms with van der Waals surface area (Å²) in [5.74, 6) is 0.200. The SMILES string of the molecule is C=CC(=O)Nc1cc(Nc2nccc(-c3cc(C(F)(F)F)c4c(c3)c(C)cn4C)n2)c(OC)cc1N(C)CCN(C)C.CC. The van der Waals surface area contributed by atoms with Gasteiger partial charge >= 0.3 is 6.18 Å². The van der Waals surface area contributed by atoms with Gasteiger partial charge in [0.05, 0.1) is 40.9 Å². The molecular formula is C32H40F3N7O2. The number of fused-ring (bicyclic) bond motifs is 1. The molecule has 4 aromatic rings. The molecule has 0 spiro atoms. The van der Waals surface area contributed by atoms with Gasteiger partial charge in [-0.15, -0.1) is 0 Å². The lowest BCUT2D eigenvalue weighted by Gasteiger charge is -2.26. The molecule has 0 atom stereocenters. The first kappa shape index (κ1) is 33.9. The highest BCUT2D eigenvalue weighted by Gasteiger charge is 2.35. The standard InChI is InChI=1S/C30H34F3N7O2.C2H6/c1-8-27(41)35-23-15-24(26(42-7)16-25(23)39(5)12-11-38(3)4)37-29-34-10-9-22(36-29)19-13-20-18(2)17-40(6)28(20)21(14-19)30(31,32)33;1-2/h8-10,13-17H,1,11-12H2,2-7H3,(H,35,41)(H,34,36,37);1-2H3. The maximum Gasteiger partial charge on any atom is 0.418 e. The van der Waals surface area contributed by atoms with Crippen LogP contribution in [-0.4, -0.2) is 66.7 Å². The molecule has 2 aromatic heterocycles. The first-order valence-corrected chi connectivity index (χ1v) is 14.1. The van der Waals surface area contributed by atoms with Crippen molar-refractivity contribution in [3.8, 4) is 17.0 Å². The molecule has 0 saturated carbocycles. The van der Waals surface area contributed by atoms with E-state index < -0.39 is 17.6 Å². The van der Waals surface area contributed by atoms with Gasteiger partial charge in [-0.25, -0.2) is 9.97 Å². The number of alkyl halides is 3. The van der Waals surface area contributed by atoms with Crippen molar-refractivity contribution in [2.24, 2.45) is 7.05 Å². The van der Waals surface area contributed by atoms with E-state index in [2.05, 4.69) is 27.2 Å². The second-order valence-electron chi connectivity index (χ2n) is 10.2. The van der Waals surface area contributed by atoms with Crippen LogP contribution in [0.5, 0.6) is 5.75 Å². The summed E-state index contributed by atoms with van der Waals surface area (Å²) in [6.45, 7) is 10.8. The van der Waals surface area contributed by atoms with Crippen LogP contribution in [0.1, 0.15) is 25.0 Å². The third kappa shape index (κ3) is 7.67. The molecule has 0 aliphatic heterocycles. The number of hydrogen-bond donors (Lipinski definition) is 2. The van der Waals surface area contributed by atoms with E-state index in [9.17, 15) is 18.0 Å². The van der Waals surface area contributed by atoms with Crippen LogP contribution < -0.4 is 20.3 Å². The summed E-state index contributed by atoms with van der Waals surface area (Å²) in [5, 5.41) is 6.43. The van der Waals surface area contributed by atoms with Crippen molar-refractivity contribution in [2.45, 2.75) is 26.9 Å². The summed E-state index contributed by atoms with van der Waals surface area (Å²) >= 11 is 0. The van der Waals surface area contributed by atoms with E-state index in [1.165, 1.54) is 23.9 Å². The second-order valence-corrected chi connectivity index (χ2v) is 10.2. The Labute approximate surface area is 256 Å². The summed E-state index contributed by atoms with van der Waals surface area (Å²) in [6, 6.07) is 7.84. The van der Waals surface area contributed by atoms with Crippen LogP contribution in [0.25, 0.3) is 22.2 Å². The normalized spacial score (nSPS) is 11.2. The van der Waals surface area contributed by atoms with Crippen molar-refractivity contribution in [1.82, 2.24) is 19.4 Å². The molecule has 236 valence electrons. The lowest BCUT2D eigenvalue weighted by atomic mass is 10.0. The number of halogens is 3. The second kappa shape index (κ2) is 14.3. The third-order valence-corrected chi connectivity index (χ3v) is 6.83. The first-order valence-electron chi connectivity index (χ1n) is 14.1. The van der Waals surface area contributed by atoms with Crippen LogP contribution in [0.15, 0.2) is 55.4 Å². The number of rotatable bonds is 10. The van der Waals surface area contributed by atoms with Gasteiger partial charge in [-0.05, 0) is 56.9 Å². The Morgan fingerprint density at radius 1 is 1.11 bits per heavy atom. The van der Waals surface area contributed by atoms with E-state index in [4.69, 9.17) is 4.74 Å². The molecule has 44 heavy (non-hydrogen) atoms. The van der Waals surface area contributed by atoms with Gasteiger partial charge in [-0.3, -0.25) is 4.79 Å². The average Bonchev–Trinajstić information content (AvgIpc) is 3.28. The van der Waals surface area contributed by atoms with Gasteiger partial charge in [0.15, 0.2) is 0 Å². The van der Waals surface area contributed by atoms with Crippen molar-refractivity contribution < 1.29 is 22.7 Å². The molecule has 2 N–H and O–H groups in total. The number of ether oxygens (including phenoxy) is 1. The van der Waals surface area contributed by atoms with Crippen molar-refractivity contribution >= 4 is 39.8 Å². The maximum atomic E-state index is 14.1. The summed E-state index contributed by atoms with van der Waals surface area (Å²) in [4.78, 5) is 25.1. The topological polar surface area (TPSA) is 87.5 Å². The molecule has 0 fully saturated rings. The lowest BCUT2D eigenvalue weighted by molar-refractivity contribution is -0.136. The van der Waals surface area contributed by atoms with E-state index in [1.807, 2.05) is 44.8 Å². The number of anilines is 4. The zero-order valence-electron chi connectivity index (χ0n) is 26.4. The molecule has 0 unspecified atom stereocenters. The zero-order chi connectivity index (χ0) is 32.8. The highest BCUT2D eigenvalue weighted by Crippen LogP contribution is 2.40. The van der Waals surface area contributed by atoms with Crippen molar-refractivity contribution in [3.63, 3.8) is 0 Å². The molecule has 9 nitrogen and oxygen atoms in total. The number of amides is 1. The number of benzene rings is 2. The van der Waals surface area contributed by atoms with Gasteiger partial charge < -0.3 is 29.7 Å². The summed E-state index contributed by atoms with van der Waals surface area (Å²) in [6.07, 6.45) is -0.237. The van der Waals surface area contributed by atoms with E-state index in [-0.39, 0.29) is 11.5 Å². The largest absolute Gasteiger partial charge is 0.494 e. The Kier molecular flexibility index (Phi) is 11.0. The van der Waals surface area contributed by atoms with Crippen LogP contribution in [0, 0.1) is 6.92 Å². The van der Waals surface area contributed by atoms with Crippen LogP contribution in [0.2, 0.25) is 0 Å². The molecule has 2 heterocycles. The van der Waals surface area contributed by atoms with Gasteiger partial charge in [-0.2, -0.15) is 13.2 Å². The first-order chi connectivity index (χ1) is 20.8. The predicted molar refractivity (Wildman–Crippen MR) is 172 cm³/mol. The van der Waals surface area contributed by atoms with Crippen LogP contribution in [0.4, 0.5) is 36.2 Å². The molecular weight excluding hydrogens is 571 g/mol. The maximum absolute atomic E-state index is 14.1. The Morgan fingerprint density at radius 2 is 1.82 bits per heavy atom. The summed E-state index contributed by atoms with van der Waals surface area (Å²) in [7, 11) is 8.96. The van der Waals surface area contributed by atoms with Gasteiger partial charge in [0, 0.05) is 56.6 Å². The molecule has 0 aliphatic carbocycles. The van der Waals surface area contributed by atoms with Gasteiger partial charge in [0.1, 0.15) is 5.75 Å². The lowest BCUT2D eigenvalue weighted by Crippen LogP contribution is -2.29. The van der Waals surface area contributed by atoms with E-state index in [0.717, 1.165) is 23.9 Å². The Balaban J connectivity index is 0.00000259. The molecule has 1 amide bonds. The highest BCUT2D eigenvalue weighted by molar-refractivity contribution is 6.02. The number of carbonyl (C=O) groups is 1. The number of aromatic nitrogens is 3. The van der Waals surface area contributed by atoms with E-state index in [0.29, 0.717) is 40.3 Å². The minimum absolute atomic E-state index is 0.116. The van der Waals surface area contributed by atoms with Crippen molar-refractivity contribution in [1.29, 1.82) is 0 Å². The number of hydrogen-bond acceptors (Lipinski definition) is 7. The monoisotopic (exact) mass is 611 g/mol. The van der Waals surface area contributed by atoms with Crippen LogP contribution in [-0.2, 0) is 18.0 Å². The molecule has 0 saturated heterocycles. The highest BCUT2D eigenvalue weighted by atomic mass is 19.4. The number of aryl methyl sites for hydroxylation is 2. The summed E-state index contributed by atoms with van der Waals surface area (Å²) in [5.41, 5.74) is 2.38. The quantitative estimate of drug-likeness (QED) is 0.189. The molecule has 0 aliphatic rings. The zero-order valence-corrected chi connectivity index (χ0v) is 26.4. The fourth-order valence-electron chi connectivity index (χ4n) is 4.71. The number of likely N-dealkylation sites (N-methyl/N-ethyl adjacent to an activating group) is 2. The van der Waals surface area contributed by atoms with Crippen LogP contribution >= 0.6 is 0 Å². The van der Waals surface area contributed by atoms with Crippen LogP contribution in [0.3, 0.4) is 0 Å². The minimum atomic E-state index is -4.55. The Hall–Kier alpha value is -4.58. The van der Waals surface area contributed by atoms with Crippen molar-refractivity contribution in [2.75, 3.05) is 56.9 Å². The smallest absolute Gasteiger partial charge is 0.418 e. The fraction of sp³-hybridized carbons (Fsp3) is 0.344. The average molecular weight is 612 g/mol. The number of nitrogens with zero attached hydrogens (tertiary/aromatic N) is 5. The fourth-order valence-corrected chi connectivity index (χ4v) is 4.71. The minimum Gasteiger partial charge on any atom is -0.494 e. The molecule has 0 radical (unpaired) electrons. The molecule has 4 rings (SSSR count). The van der Waals surface area contributed by atoms with Gasteiger partial charge in [0.25, 0.3) is 0 Å². The predicted octanol–water partition coefficient (Wildman–Crippen LogP) is 6.86. The molecule has 2 aromatic carbocycles. The van der Waals surface area contributed by atoms with E-state index >= 15 is 0 Å². The molecule has 0 bridgehead atoms. The van der Waals surface area contributed by atoms with Gasteiger partial charge in [0.2, 0.25) is 11.9 Å².